The van der Waals surface area contributed by atoms with Crippen molar-refractivity contribution in [1.29, 1.82) is 5.26 Å². The van der Waals surface area contributed by atoms with E-state index >= 15 is 0 Å². The van der Waals surface area contributed by atoms with Crippen LogP contribution < -0.4 is 9.64 Å². The Bertz CT molecular complexity index is 572. The van der Waals surface area contributed by atoms with Crippen LogP contribution in [0.4, 0.5) is 11.4 Å². The van der Waals surface area contributed by atoms with Gasteiger partial charge in [0.25, 0.3) is 0 Å². The summed E-state index contributed by atoms with van der Waals surface area (Å²) < 4.78 is 5.12. The number of nitrogens with zero attached hydrogens (tertiary/aromatic N) is 3. The molecule has 0 unspecified atom stereocenters. The molecule has 18 heavy (non-hydrogen) atoms. The van der Waals surface area contributed by atoms with Gasteiger partial charge in [-0.1, -0.05) is 0 Å². The van der Waals surface area contributed by atoms with Gasteiger partial charge in [-0.2, -0.15) is 5.26 Å². The predicted octanol–water partition coefficient (Wildman–Crippen LogP) is 2.73. The largest absolute Gasteiger partial charge is 0.497 e. The Balaban J connectivity index is 2.29. The van der Waals surface area contributed by atoms with Gasteiger partial charge in [-0.05, 0) is 36.4 Å². The Labute approximate surface area is 106 Å². The fraction of sp³-hybridized carbons (Fsp3) is 0.143. The van der Waals surface area contributed by atoms with Crippen molar-refractivity contribution in [3.05, 3.63) is 48.3 Å². The van der Waals surface area contributed by atoms with Crippen molar-refractivity contribution in [1.82, 2.24) is 4.98 Å². The molecule has 0 amide bonds. The van der Waals surface area contributed by atoms with Crippen LogP contribution in [-0.2, 0) is 0 Å². The molecule has 0 saturated carbocycles. The second-order valence-corrected chi connectivity index (χ2v) is 3.77. The minimum absolute atomic E-state index is 0.410. The summed E-state index contributed by atoms with van der Waals surface area (Å²) in [6.07, 6.45) is 1.63. The highest BCUT2D eigenvalue weighted by Gasteiger charge is 2.05. The number of hydrogen-bond donors (Lipinski definition) is 0. The summed E-state index contributed by atoms with van der Waals surface area (Å²) in [6, 6.07) is 13.4. The minimum atomic E-state index is 0.410. The van der Waals surface area contributed by atoms with Gasteiger partial charge in [-0.25, -0.2) is 4.98 Å². The van der Waals surface area contributed by atoms with E-state index in [0.717, 1.165) is 17.1 Å². The lowest BCUT2D eigenvalue weighted by Gasteiger charge is -2.19. The Morgan fingerprint density at radius 2 is 1.89 bits per heavy atom. The van der Waals surface area contributed by atoms with Gasteiger partial charge in [-0.15, -0.1) is 0 Å². The maximum atomic E-state index is 8.84. The first kappa shape index (κ1) is 11.9. The van der Waals surface area contributed by atoms with E-state index in [9.17, 15) is 0 Å². The Kier molecular flexibility index (Phi) is 3.44. The maximum absolute atomic E-state index is 8.84. The number of ether oxygens (including phenoxy) is 1. The van der Waals surface area contributed by atoms with Crippen LogP contribution >= 0.6 is 0 Å². The van der Waals surface area contributed by atoms with E-state index in [2.05, 4.69) is 4.98 Å². The molecule has 1 heterocycles. The van der Waals surface area contributed by atoms with Crippen molar-refractivity contribution in [2.24, 2.45) is 0 Å². The first-order valence-corrected chi connectivity index (χ1v) is 5.48. The van der Waals surface area contributed by atoms with Crippen molar-refractivity contribution in [3.63, 3.8) is 0 Å². The van der Waals surface area contributed by atoms with E-state index in [1.165, 1.54) is 0 Å². The van der Waals surface area contributed by atoms with E-state index in [1.54, 1.807) is 19.4 Å². The number of rotatable bonds is 3. The molecular formula is C14H13N3O. The fourth-order valence-corrected chi connectivity index (χ4v) is 1.64. The zero-order valence-corrected chi connectivity index (χ0v) is 10.3. The van der Waals surface area contributed by atoms with E-state index < -0.39 is 0 Å². The fourth-order valence-electron chi connectivity index (χ4n) is 1.64. The van der Waals surface area contributed by atoms with E-state index in [0.29, 0.717) is 5.69 Å². The summed E-state index contributed by atoms with van der Waals surface area (Å²) in [5.41, 5.74) is 2.35. The lowest BCUT2D eigenvalue weighted by atomic mass is 10.2. The van der Waals surface area contributed by atoms with Crippen molar-refractivity contribution >= 4 is 11.4 Å². The highest BCUT2D eigenvalue weighted by atomic mass is 16.5. The zero-order chi connectivity index (χ0) is 13.0. The van der Waals surface area contributed by atoms with Crippen LogP contribution in [0.2, 0.25) is 0 Å². The second kappa shape index (κ2) is 5.19. The molecule has 0 aliphatic carbocycles. The second-order valence-electron chi connectivity index (χ2n) is 3.77. The number of pyridine rings is 1. The molecule has 90 valence electrons. The number of benzene rings is 1. The van der Waals surface area contributed by atoms with Gasteiger partial charge >= 0.3 is 0 Å². The van der Waals surface area contributed by atoms with Crippen LogP contribution in [0.5, 0.6) is 5.75 Å². The van der Waals surface area contributed by atoms with Gasteiger partial charge in [0, 0.05) is 24.6 Å². The molecule has 4 heteroatoms. The van der Waals surface area contributed by atoms with E-state index in [-0.39, 0.29) is 0 Å². The highest BCUT2D eigenvalue weighted by Crippen LogP contribution is 2.25. The first-order valence-electron chi connectivity index (χ1n) is 5.48. The average Bonchev–Trinajstić information content (AvgIpc) is 2.46. The summed E-state index contributed by atoms with van der Waals surface area (Å²) in [6.45, 7) is 0. The summed E-state index contributed by atoms with van der Waals surface area (Å²) in [7, 11) is 3.58. The molecule has 1 aromatic heterocycles. The predicted molar refractivity (Wildman–Crippen MR) is 70.0 cm³/mol. The summed E-state index contributed by atoms with van der Waals surface area (Å²) >= 11 is 0. The number of methoxy groups -OCH3 is 1. The van der Waals surface area contributed by atoms with Gasteiger partial charge < -0.3 is 9.64 Å². The maximum Gasteiger partial charge on any atom is 0.142 e. The van der Waals surface area contributed by atoms with Crippen LogP contribution in [0.25, 0.3) is 0 Å². The molecule has 0 radical (unpaired) electrons. The molecule has 0 aliphatic heterocycles. The number of nitriles is 1. The van der Waals surface area contributed by atoms with Gasteiger partial charge in [0.05, 0.1) is 7.11 Å². The topological polar surface area (TPSA) is 49.1 Å². The van der Waals surface area contributed by atoms with Crippen LogP contribution in [0.15, 0.2) is 42.6 Å². The van der Waals surface area contributed by atoms with Crippen LogP contribution in [0.3, 0.4) is 0 Å². The molecule has 0 N–H and O–H groups in total. The van der Waals surface area contributed by atoms with Gasteiger partial charge in [-0.3, -0.25) is 0 Å². The van der Waals surface area contributed by atoms with Crippen molar-refractivity contribution < 1.29 is 4.74 Å². The summed E-state index contributed by atoms with van der Waals surface area (Å²) in [5.74, 6) is 0.819. The molecule has 2 aromatic rings. The number of hydrogen-bond acceptors (Lipinski definition) is 4. The summed E-state index contributed by atoms with van der Waals surface area (Å²) in [4.78, 5) is 5.94. The zero-order valence-electron chi connectivity index (χ0n) is 10.3. The Hall–Kier alpha value is -2.54. The molecule has 2 rings (SSSR count). The van der Waals surface area contributed by atoms with Gasteiger partial charge in [0.1, 0.15) is 17.5 Å². The molecule has 0 bridgehead atoms. The van der Waals surface area contributed by atoms with Gasteiger partial charge in [0.15, 0.2) is 0 Å². The third-order valence-electron chi connectivity index (χ3n) is 2.71. The third-order valence-corrected chi connectivity index (χ3v) is 2.71. The van der Waals surface area contributed by atoms with Crippen LogP contribution in [-0.4, -0.2) is 19.1 Å². The molecular weight excluding hydrogens is 226 g/mol. The minimum Gasteiger partial charge on any atom is -0.497 e. The van der Waals surface area contributed by atoms with E-state index in [4.69, 9.17) is 10.00 Å². The molecule has 4 nitrogen and oxygen atoms in total. The normalized spacial score (nSPS) is 9.61. The average molecular weight is 239 g/mol. The molecule has 0 fully saturated rings. The molecule has 0 saturated heterocycles. The van der Waals surface area contributed by atoms with Gasteiger partial charge in [0.2, 0.25) is 0 Å². The first-order chi connectivity index (χ1) is 8.74. The molecule has 0 atom stereocenters. The molecule has 0 aliphatic rings. The van der Waals surface area contributed by atoms with E-state index in [1.807, 2.05) is 48.3 Å². The lowest BCUT2D eigenvalue weighted by molar-refractivity contribution is 0.415. The van der Waals surface area contributed by atoms with Crippen molar-refractivity contribution in [2.45, 2.75) is 0 Å². The SMILES string of the molecule is COc1ccc(N(C)c2ccnc(C#N)c2)cc1. The third kappa shape index (κ3) is 2.41. The Morgan fingerprint density at radius 1 is 1.17 bits per heavy atom. The number of aromatic nitrogens is 1. The van der Waals surface area contributed by atoms with Crippen molar-refractivity contribution in [2.75, 3.05) is 19.1 Å². The monoisotopic (exact) mass is 239 g/mol. The molecule has 1 aromatic carbocycles. The highest BCUT2D eigenvalue weighted by molar-refractivity contribution is 5.63. The van der Waals surface area contributed by atoms with Crippen LogP contribution in [0.1, 0.15) is 5.69 Å². The molecule has 0 spiro atoms. The smallest absolute Gasteiger partial charge is 0.142 e. The van der Waals surface area contributed by atoms with Crippen molar-refractivity contribution in [3.8, 4) is 11.8 Å². The number of anilines is 2. The van der Waals surface area contributed by atoms with Crippen LogP contribution in [0, 0.1) is 11.3 Å². The lowest BCUT2D eigenvalue weighted by Crippen LogP contribution is -2.09. The standard InChI is InChI=1S/C14H13N3O/c1-17(12-3-5-14(18-2)6-4-12)13-7-8-16-11(9-13)10-15/h3-9H,1-2H3. The quantitative estimate of drug-likeness (QED) is 0.826. The Morgan fingerprint density at radius 3 is 2.50 bits per heavy atom. The summed E-state index contributed by atoms with van der Waals surface area (Å²) in [5, 5.41) is 8.84.